The molecule has 1 aliphatic rings. The molecule has 4 aromatic rings. The summed E-state index contributed by atoms with van der Waals surface area (Å²) in [5.74, 6) is 0.915. The van der Waals surface area contributed by atoms with Gasteiger partial charge in [-0.3, -0.25) is 0 Å². The van der Waals surface area contributed by atoms with E-state index in [1.807, 2.05) is 19.9 Å². The summed E-state index contributed by atoms with van der Waals surface area (Å²) >= 11 is 0. The number of aliphatic hydroxyl groups excluding tert-OH is 1. The number of hydrogen-bond donors (Lipinski definition) is 2. The first-order valence-electron chi connectivity index (χ1n) is 11.9. The molecule has 0 amide bonds. The van der Waals surface area contributed by atoms with Crippen LogP contribution in [0.25, 0.3) is 16.5 Å². The van der Waals surface area contributed by atoms with Gasteiger partial charge in [-0.2, -0.15) is 0 Å². The van der Waals surface area contributed by atoms with Gasteiger partial charge in [-0.1, -0.05) is 61.9 Å². The van der Waals surface area contributed by atoms with Crippen LogP contribution in [0.3, 0.4) is 0 Å². The van der Waals surface area contributed by atoms with Crippen LogP contribution in [-0.4, -0.2) is 17.2 Å². The molecule has 0 aliphatic heterocycles. The molecule has 33 heavy (non-hydrogen) atoms. The Bertz CT molecular complexity index is 1250. The van der Waals surface area contributed by atoms with Gasteiger partial charge in [0.15, 0.2) is 0 Å². The number of ether oxygens (including phenoxy) is 1. The molecular formula is C30H33NO2. The Morgan fingerprint density at radius 1 is 0.909 bits per heavy atom. The largest absolute Gasteiger partial charge is 0.497 e. The zero-order valence-corrected chi connectivity index (χ0v) is 19.8. The van der Waals surface area contributed by atoms with Crippen LogP contribution in [0.15, 0.2) is 78.4 Å². The predicted octanol–water partition coefficient (Wildman–Crippen LogP) is 7.08. The van der Waals surface area contributed by atoms with Gasteiger partial charge < -0.3 is 14.8 Å². The van der Waals surface area contributed by atoms with E-state index in [0.29, 0.717) is 0 Å². The molecule has 3 heteroatoms. The zero-order valence-electron chi connectivity index (χ0n) is 19.8. The average Bonchev–Trinajstić information content (AvgIpc) is 3.20. The Hall–Kier alpha value is -3.30. The van der Waals surface area contributed by atoms with Gasteiger partial charge in [-0.25, -0.2) is 0 Å². The molecule has 170 valence electrons. The Kier molecular flexibility index (Phi) is 7.31. The number of nitrogens with one attached hydrogen (secondary N) is 1. The first kappa shape index (κ1) is 22.9. The maximum Gasteiger partial charge on any atom is 0.119 e. The Morgan fingerprint density at radius 3 is 2.48 bits per heavy atom. The van der Waals surface area contributed by atoms with Gasteiger partial charge in [0, 0.05) is 16.6 Å². The number of rotatable bonds is 5. The lowest BCUT2D eigenvalue weighted by molar-refractivity contribution is 0.278. The number of H-pyrrole nitrogens is 1. The Labute approximate surface area is 196 Å². The standard InChI is InChI=1S/C28H27NO2.C2H6/c1-31-25-11-12-26-20(17-25)8-5-9-21(14-19-6-3-2-4-7-19)28(26)22-10-13-27-23(15-22)16-24(18-30)29-27;1-2/h2-4,6-7,10-13,15-17,29-30H,5,8-9,14,18H2,1H3;1-2H3. The second-order valence-electron chi connectivity index (χ2n) is 8.27. The monoisotopic (exact) mass is 439 g/mol. The van der Waals surface area contributed by atoms with Crippen LogP contribution in [0.4, 0.5) is 0 Å². The number of aromatic amines is 1. The van der Waals surface area contributed by atoms with Crippen molar-refractivity contribution in [2.24, 2.45) is 0 Å². The minimum absolute atomic E-state index is 0.0224. The minimum atomic E-state index is 0.0224. The molecule has 1 aliphatic carbocycles. The van der Waals surface area contributed by atoms with E-state index in [2.05, 4.69) is 71.7 Å². The molecule has 0 unspecified atom stereocenters. The molecule has 2 N–H and O–H groups in total. The van der Waals surface area contributed by atoms with Gasteiger partial charge >= 0.3 is 0 Å². The van der Waals surface area contributed by atoms with Crippen molar-refractivity contribution in [1.29, 1.82) is 0 Å². The number of aryl methyl sites for hydroxylation is 1. The third-order valence-electron chi connectivity index (χ3n) is 6.26. The van der Waals surface area contributed by atoms with Gasteiger partial charge in [-0.05, 0) is 83.8 Å². The van der Waals surface area contributed by atoms with Crippen LogP contribution in [-0.2, 0) is 19.4 Å². The molecule has 1 heterocycles. The van der Waals surface area contributed by atoms with E-state index >= 15 is 0 Å². The number of hydrogen-bond acceptors (Lipinski definition) is 2. The van der Waals surface area contributed by atoms with Crippen molar-refractivity contribution in [2.45, 2.75) is 46.1 Å². The van der Waals surface area contributed by atoms with Gasteiger partial charge in [0.25, 0.3) is 0 Å². The second-order valence-corrected chi connectivity index (χ2v) is 8.27. The quantitative estimate of drug-likeness (QED) is 0.349. The van der Waals surface area contributed by atoms with Crippen molar-refractivity contribution < 1.29 is 9.84 Å². The average molecular weight is 440 g/mol. The molecule has 0 saturated carbocycles. The van der Waals surface area contributed by atoms with Crippen molar-refractivity contribution in [2.75, 3.05) is 7.11 Å². The van der Waals surface area contributed by atoms with Crippen LogP contribution in [0.2, 0.25) is 0 Å². The van der Waals surface area contributed by atoms with Crippen molar-refractivity contribution in [1.82, 2.24) is 4.98 Å². The summed E-state index contributed by atoms with van der Waals surface area (Å²) in [5.41, 5.74) is 9.95. The molecule has 0 atom stereocenters. The molecule has 0 saturated heterocycles. The van der Waals surface area contributed by atoms with E-state index in [1.54, 1.807) is 7.11 Å². The highest BCUT2D eigenvalue weighted by molar-refractivity contribution is 5.90. The number of aromatic nitrogens is 1. The maximum atomic E-state index is 9.53. The van der Waals surface area contributed by atoms with E-state index in [9.17, 15) is 5.11 Å². The van der Waals surface area contributed by atoms with Gasteiger partial charge in [0.05, 0.1) is 13.7 Å². The van der Waals surface area contributed by atoms with Gasteiger partial charge in [-0.15, -0.1) is 0 Å². The highest BCUT2D eigenvalue weighted by atomic mass is 16.5. The molecule has 0 fully saturated rings. The fourth-order valence-electron chi connectivity index (χ4n) is 4.77. The topological polar surface area (TPSA) is 45.2 Å². The molecule has 3 aromatic carbocycles. The van der Waals surface area contributed by atoms with Crippen LogP contribution >= 0.6 is 0 Å². The number of allylic oxidation sites excluding steroid dienone is 1. The summed E-state index contributed by atoms with van der Waals surface area (Å²) in [6, 6.07) is 25.9. The van der Waals surface area contributed by atoms with E-state index in [1.165, 1.54) is 33.4 Å². The second kappa shape index (κ2) is 10.5. The van der Waals surface area contributed by atoms with Crippen molar-refractivity contribution in [3.63, 3.8) is 0 Å². The van der Waals surface area contributed by atoms with Crippen molar-refractivity contribution in [3.8, 4) is 5.75 Å². The first-order chi connectivity index (χ1) is 16.2. The molecule has 3 nitrogen and oxygen atoms in total. The molecule has 0 spiro atoms. The zero-order chi connectivity index (χ0) is 23.2. The summed E-state index contributed by atoms with van der Waals surface area (Å²) in [5, 5.41) is 10.7. The molecule has 0 radical (unpaired) electrons. The van der Waals surface area contributed by atoms with E-state index in [4.69, 9.17) is 4.74 Å². The maximum absolute atomic E-state index is 9.53. The lowest BCUT2D eigenvalue weighted by atomic mass is 9.88. The van der Waals surface area contributed by atoms with Crippen molar-refractivity contribution in [3.05, 3.63) is 106 Å². The third-order valence-corrected chi connectivity index (χ3v) is 6.26. The summed E-state index contributed by atoms with van der Waals surface area (Å²) in [7, 11) is 1.73. The number of benzene rings is 3. The van der Waals surface area contributed by atoms with E-state index < -0.39 is 0 Å². The molecule has 1 aromatic heterocycles. The lowest BCUT2D eigenvalue weighted by Crippen LogP contribution is -1.99. The van der Waals surface area contributed by atoms with E-state index in [0.717, 1.165) is 48.0 Å². The number of methoxy groups -OCH3 is 1. The smallest absolute Gasteiger partial charge is 0.119 e. The number of fused-ring (bicyclic) bond motifs is 2. The third kappa shape index (κ3) is 4.89. The fourth-order valence-corrected chi connectivity index (χ4v) is 4.77. The fraction of sp³-hybridized carbons (Fsp3) is 0.267. The normalized spacial score (nSPS) is 13.2. The highest BCUT2D eigenvalue weighted by Gasteiger charge is 2.20. The lowest BCUT2D eigenvalue weighted by Gasteiger charge is -2.17. The summed E-state index contributed by atoms with van der Waals surface area (Å²) < 4.78 is 5.51. The molecular weight excluding hydrogens is 406 g/mol. The minimum Gasteiger partial charge on any atom is -0.497 e. The summed E-state index contributed by atoms with van der Waals surface area (Å²) in [6.45, 7) is 4.02. The van der Waals surface area contributed by atoms with Crippen LogP contribution in [0, 0.1) is 0 Å². The Morgan fingerprint density at radius 2 is 1.73 bits per heavy atom. The van der Waals surface area contributed by atoms with Gasteiger partial charge in [0.2, 0.25) is 0 Å². The van der Waals surface area contributed by atoms with Crippen LogP contribution in [0.1, 0.15) is 54.6 Å². The van der Waals surface area contributed by atoms with E-state index in [-0.39, 0.29) is 6.61 Å². The summed E-state index contributed by atoms with van der Waals surface area (Å²) in [6.07, 6.45) is 4.21. The summed E-state index contributed by atoms with van der Waals surface area (Å²) in [4.78, 5) is 3.29. The Balaban J connectivity index is 0.00000126. The van der Waals surface area contributed by atoms with Gasteiger partial charge in [0.1, 0.15) is 5.75 Å². The van der Waals surface area contributed by atoms with Crippen LogP contribution < -0.4 is 4.74 Å². The highest BCUT2D eigenvalue weighted by Crippen LogP contribution is 2.38. The molecule has 5 rings (SSSR count). The molecule has 0 bridgehead atoms. The number of aliphatic hydroxyl groups is 1. The van der Waals surface area contributed by atoms with Crippen molar-refractivity contribution >= 4 is 16.5 Å². The predicted molar refractivity (Wildman–Crippen MR) is 138 cm³/mol. The van der Waals surface area contributed by atoms with Crippen LogP contribution in [0.5, 0.6) is 5.75 Å². The first-order valence-corrected chi connectivity index (χ1v) is 11.9. The SMILES string of the molecule is CC.COc1ccc2c(c1)CCCC(Cc1ccccc1)=C2c1ccc2[nH]c(CO)cc2c1.